The number of fused-ring (bicyclic) bond motifs is 12. The zero-order valence-corrected chi connectivity index (χ0v) is 69.5. The van der Waals surface area contributed by atoms with Gasteiger partial charge in [0, 0.05) is 86.8 Å². The van der Waals surface area contributed by atoms with E-state index in [9.17, 15) is 0 Å². The van der Waals surface area contributed by atoms with Crippen molar-refractivity contribution in [2.24, 2.45) is 0 Å². The molecule has 20 rings (SSSR count). The zero-order valence-electron chi connectivity index (χ0n) is 66.4. The van der Waals surface area contributed by atoms with Crippen LogP contribution in [-0.4, -0.2) is 45.8 Å². The number of nitrogens with zero attached hydrogens (tertiary/aromatic N) is 4. The van der Waals surface area contributed by atoms with E-state index in [1.54, 1.807) is 0 Å². The fourth-order valence-corrected chi connectivity index (χ4v) is 18.2. The third-order valence-electron chi connectivity index (χ3n) is 25.4. The number of anilines is 6. The molecule has 560 valence electrons. The Morgan fingerprint density at radius 3 is 0.877 bits per heavy atom. The van der Waals surface area contributed by atoms with Crippen LogP contribution in [0.5, 0.6) is 0 Å². The molecule has 0 N–H and O–H groups in total. The minimum atomic E-state index is -0.442. The number of hydrogen-bond donors (Lipinski definition) is 0. The molecular weight excluding hydrogens is 1530 g/mol. The molecule has 0 radical (unpaired) electrons. The van der Waals surface area contributed by atoms with Gasteiger partial charge in [-0.05, 0) is 303 Å². The highest BCUT2D eigenvalue weighted by Crippen LogP contribution is 2.55. The molecule has 4 heterocycles. The third kappa shape index (κ3) is 12.3. The molecule has 114 heavy (non-hydrogen) atoms. The average Bonchev–Trinajstić information content (AvgIpc) is 1.58. The molecule has 0 saturated carbocycles. The van der Waals surface area contributed by atoms with E-state index < -0.39 is 36.6 Å². The van der Waals surface area contributed by atoms with Crippen molar-refractivity contribution >= 4 is 135 Å². The first-order valence-corrected chi connectivity index (χ1v) is 41.2. The number of rotatable bonds is 12. The molecule has 0 unspecified atom stereocenters. The maximum Gasteiger partial charge on any atom is 0.494 e. The van der Waals surface area contributed by atoms with Gasteiger partial charge < -0.3 is 37.6 Å². The third-order valence-corrected chi connectivity index (χ3v) is 26.5. The van der Waals surface area contributed by atoms with Crippen molar-refractivity contribution in [2.45, 2.75) is 116 Å². The van der Waals surface area contributed by atoms with E-state index in [1.165, 1.54) is 122 Å². The number of hydrogen-bond acceptors (Lipinski definition) is 6. The molecule has 8 nitrogen and oxygen atoms in total. The topological polar surface area (TPSA) is 53.3 Å². The summed E-state index contributed by atoms with van der Waals surface area (Å²) >= 11 is 7.24. The molecule has 12 heteroatoms. The van der Waals surface area contributed by atoms with Crippen LogP contribution in [0.3, 0.4) is 0 Å². The molecule has 2 aromatic heterocycles. The Bertz CT molecular complexity index is 6310. The Hall–Kier alpha value is -10.8. The van der Waals surface area contributed by atoms with Gasteiger partial charge in [-0.1, -0.05) is 205 Å². The van der Waals surface area contributed by atoms with Crippen LogP contribution in [0.25, 0.3) is 99.5 Å². The SMILES string of the molecule is CC1(C)c2cc(-c3ccc4c(c3)c3ccccc3n4-c3ccccc3)ccc2-c2ccc(N(c3ccc(B4OC(C)(C)C(C)(C)O4)cc3)c3ccc(B4OC(C)(C)C(C)(C)O4)cc3)cc21.CC1(C)c2cc(-c3ccc4c(c3)c3ccccc3n4-c3ccccc3)ccc2-c2ccc(N(c3ccc(Br)cc3)c3ccc(Br)cc3)cc21. The van der Waals surface area contributed by atoms with E-state index in [0.717, 1.165) is 54.0 Å². The van der Waals surface area contributed by atoms with Gasteiger partial charge in [0.05, 0.1) is 44.5 Å². The van der Waals surface area contributed by atoms with Crippen molar-refractivity contribution in [3.05, 3.63) is 347 Å². The average molecular weight is 1620 g/mol. The van der Waals surface area contributed by atoms with Gasteiger partial charge in [0.2, 0.25) is 0 Å². The van der Waals surface area contributed by atoms with Gasteiger partial charge in [-0.3, -0.25) is 0 Å². The first-order chi connectivity index (χ1) is 54.8. The summed E-state index contributed by atoms with van der Waals surface area (Å²) in [7, 11) is -0.884. The summed E-state index contributed by atoms with van der Waals surface area (Å²) in [4.78, 5) is 4.68. The number of para-hydroxylation sites is 4. The molecule has 2 aliphatic heterocycles. The fourth-order valence-electron chi connectivity index (χ4n) is 17.7. The van der Waals surface area contributed by atoms with Gasteiger partial charge in [0.15, 0.2) is 0 Å². The predicted molar refractivity (Wildman–Crippen MR) is 484 cm³/mol. The lowest BCUT2D eigenvalue weighted by Gasteiger charge is -2.32. The van der Waals surface area contributed by atoms with Crippen molar-refractivity contribution in [2.75, 3.05) is 9.80 Å². The van der Waals surface area contributed by atoms with E-state index in [4.69, 9.17) is 18.6 Å². The zero-order chi connectivity index (χ0) is 78.5. The van der Waals surface area contributed by atoms with Gasteiger partial charge in [0.25, 0.3) is 0 Å². The Labute approximate surface area is 686 Å². The summed E-state index contributed by atoms with van der Waals surface area (Å²) in [6, 6.07) is 115. The first-order valence-electron chi connectivity index (χ1n) is 39.6. The summed E-state index contributed by atoms with van der Waals surface area (Å²) < 4.78 is 32.7. The quantitative estimate of drug-likeness (QED) is 0.114. The molecule has 2 aliphatic carbocycles. The molecule has 2 saturated heterocycles. The van der Waals surface area contributed by atoms with Crippen LogP contribution < -0.4 is 20.7 Å². The molecule has 0 spiro atoms. The van der Waals surface area contributed by atoms with Crippen LogP contribution in [0.2, 0.25) is 0 Å². The Balaban J connectivity index is 0.000000159. The predicted octanol–water partition coefficient (Wildman–Crippen LogP) is 26.6. The van der Waals surface area contributed by atoms with Crippen LogP contribution in [0.15, 0.2) is 324 Å². The molecule has 0 amide bonds. The molecule has 4 aliphatic rings. The largest absolute Gasteiger partial charge is 0.494 e. The molecular formula is C102H88B2Br2N4O4. The van der Waals surface area contributed by atoms with E-state index in [1.807, 2.05) is 0 Å². The second kappa shape index (κ2) is 27.5. The van der Waals surface area contributed by atoms with E-state index >= 15 is 0 Å². The molecule has 0 atom stereocenters. The lowest BCUT2D eigenvalue weighted by Crippen LogP contribution is -2.41. The van der Waals surface area contributed by atoms with Crippen molar-refractivity contribution in [1.82, 2.24) is 9.13 Å². The number of benzene rings is 14. The smallest absolute Gasteiger partial charge is 0.399 e. The minimum absolute atomic E-state index is 0.171. The van der Waals surface area contributed by atoms with Crippen molar-refractivity contribution in [3.8, 4) is 55.9 Å². The standard InChI is InChI=1S/C57H56B2N2O4.C45H32Br2N2/c1-53(2)49-35-38(37-21-33-52-48(34-37)47-18-14-15-19-51(47)61(52)41-16-12-11-13-17-41)20-31-45(49)46-32-30-44(36-50(46)53)60(42-26-22-39(23-27-42)58-62-54(3,4)55(5,6)63-58)43-28-24-40(25-29-43)59-64-56(7,8)57(9,10)65-59;1-45(2)41-27-30(29-13-25-44-40(26-29)39-10-6-7-11-43(39)49(44)33-8-4-3-5-9-33)12-23-37(41)38-24-22-36(28-42(38)45)48(34-18-14-31(46)15-19-34)35-20-16-32(47)17-21-35/h11-36H,1-10H3;3-28H,1-2H3. The second-order valence-corrected chi connectivity index (χ2v) is 35.9. The summed E-state index contributed by atoms with van der Waals surface area (Å²) in [6.07, 6.45) is 0. The van der Waals surface area contributed by atoms with E-state index in [0.29, 0.717) is 0 Å². The Morgan fingerprint density at radius 2 is 0.526 bits per heavy atom. The lowest BCUT2D eigenvalue weighted by atomic mass is 9.79. The lowest BCUT2D eigenvalue weighted by molar-refractivity contribution is 0.00578. The summed E-state index contributed by atoms with van der Waals surface area (Å²) in [5.74, 6) is 0. The van der Waals surface area contributed by atoms with Crippen LogP contribution in [0.4, 0.5) is 34.1 Å². The molecule has 2 fully saturated rings. The molecule has 0 bridgehead atoms. The highest BCUT2D eigenvalue weighted by molar-refractivity contribution is 9.10. The molecule has 14 aromatic carbocycles. The second-order valence-electron chi connectivity index (χ2n) is 34.1. The number of halogens is 2. The Kier molecular flexibility index (Phi) is 17.7. The minimum Gasteiger partial charge on any atom is -0.399 e. The fraction of sp³-hybridized carbons (Fsp3) is 0.176. The van der Waals surface area contributed by atoms with Crippen molar-refractivity contribution in [1.29, 1.82) is 0 Å². The van der Waals surface area contributed by atoms with Crippen LogP contribution >= 0.6 is 31.9 Å². The van der Waals surface area contributed by atoms with Gasteiger partial charge in [-0.25, -0.2) is 0 Å². The van der Waals surface area contributed by atoms with Crippen LogP contribution in [0, 0.1) is 0 Å². The van der Waals surface area contributed by atoms with Crippen LogP contribution in [-0.2, 0) is 29.4 Å². The Morgan fingerprint density at radius 1 is 0.254 bits per heavy atom. The maximum absolute atomic E-state index is 6.44. The van der Waals surface area contributed by atoms with Crippen LogP contribution in [0.1, 0.15) is 105 Å². The first kappa shape index (κ1) is 73.4. The van der Waals surface area contributed by atoms with Gasteiger partial charge >= 0.3 is 14.2 Å². The van der Waals surface area contributed by atoms with Crippen molar-refractivity contribution < 1.29 is 18.6 Å². The van der Waals surface area contributed by atoms with Gasteiger partial charge in [-0.15, -0.1) is 0 Å². The number of aromatic nitrogens is 2. The highest BCUT2D eigenvalue weighted by Gasteiger charge is 2.53. The van der Waals surface area contributed by atoms with E-state index in [-0.39, 0.29) is 10.8 Å². The van der Waals surface area contributed by atoms with Gasteiger partial charge in [0.1, 0.15) is 0 Å². The highest BCUT2D eigenvalue weighted by atomic mass is 79.9. The maximum atomic E-state index is 6.44. The van der Waals surface area contributed by atoms with E-state index in [2.05, 4.69) is 449 Å². The normalized spacial score (nSPS) is 16.2. The molecule has 16 aromatic rings. The van der Waals surface area contributed by atoms with Crippen molar-refractivity contribution in [3.63, 3.8) is 0 Å². The summed E-state index contributed by atoms with van der Waals surface area (Å²) in [5.41, 5.74) is 29.0. The van der Waals surface area contributed by atoms with Gasteiger partial charge in [-0.2, -0.15) is 0 Å². The monoisotopic (exact) mass is 1610 g/mol. The summed E-state index contributed by atoms with van der Waals surface area (Å²) in [6.45, 7) is 26.2. The summed E-state index contributed by atoms with van der Waals surface area (Å²) in [5, 5.41) is 5.05.